The molecule has 4 aromatic heterocycles. The van der Waals surface area contributed by atoms with Crippen LogP contribution in [0.1, 0.15) is 91.9 Å². The van der Waals surface area contributed by atoms with E-state index in [1.807, 2.05) is 127 Å². The molecular weight excluding hydrogens is 644 g/mol. The topological polar surface area (TPSA) is 130 Å². The minimum atomic E-state index is -0.767. The number of hydrogen-bond acceptors (Lipinski definition) is 11. The second kappa shape index (κ2) is 18.6. The number of hydrogen-bond donors (Lipinski definition) is 0. The molecule has 11 nitrogen and oxygen atoms in total. The van der Waals surface area contributed by atoms with Crippen LogP contribution in [0.3, 0.4) is 0 Å². The van der Waals surface area contributed by atoms with Crippen LogP contribution in [-0.4, -0.2) is 63.6 Å². The van der Waals surface area contributed by atoms with Gasteiger partial charge in [0.25, 0.3) is 0 Å². The summed E-state index contributed by atoms with van der Waals surface area (Å²) in [5.41, 5.74) is 9.71. The minimum absolute atomic E-state index is 0.0509. The van der Waals surface area contributed by atoms with E-state index in [9.17, 15) is 4.79 Å². The molecule has 266 valence electrons. The summed E-state index contributed by atoms with van der Waals surface area (Å²) in [6, 6.07) is 22.8. The molecule has 51 heavy (non-hydrogen) atoms. The maximum absolute atomic E-state index is 11.4. The van der Waals surface area contributed by atoms with E-state index < -0.39 is 5.79 Å². The lowest BCUT2D eigenvalue weighted by atomic mass is 10.1. The predicted molar refractivity (Wildman–Crippen MR) is 199 cm³/mol. The van der Waals surface area contributed by atoms with Gasteiger partial charge in [-0.05, 0) is 120 Å². The van der Waals surface area contributed by atoms with E-state index in [-0.39, 0.29) is 5.78 Å². The molecule has 0 aliphatic carbocycles. The number of carbonyl (C=O) groups excluding carboxylic acids is 1. The normalized spacial score (nSPS) is 14.8. The molecule has 0 atom stereocenters. The van der Waals surface area contributed by atoms with Gasteiger partial charge in [0.15, 0.2) is 5.78 Å². The lowest BCUT2D eigenvalue weighted by Crippen LogP contribution is -2.24. The van der Waals surface area contributed by atoms with Crippen LogP contribution >= 0.6 is 0 Å². The Balaban J connectivity index is 0.000000230. The van der Waals surface area contributed by atoms with Crippen LogP contribution in [0.15, 0.2) is 94.3 Å². The summed E-state index contributed by atoms with van der Waals surface area (Å²) in [6.07, 6.45) is 3.85. The summed E-state index contributed by atoms with van der Waals surface area (Å²) < 4.78 is 11.3. The van der Waals surface area contributed by atoms with E-state index in [0.717, 1.165) is 62.4 Å². The third-order valence-corrected chi connectivity index (χ3v) is 7.50. The first-order valence-corrected chi connectivity index (χ1v) is 16.7. The quantitative estimate of drug-likeness (QED) is 0.0835. The van der Waals surface area contributed by atoms with E-state index in [4.69, 9.17) is 19.1 Å². The van der Waals surface area contributed by atoms with Crippen molar-refractivity contribution in [2.75, 3.05) is 26.4 Å². The van der Waals surface area contributed by atoms with Crippen molar-refractivity contribution in [3.8, 4) is 0 Å². The SMILES string of the molecule is C/C(=C\c1cccc(C2(C)OCCO2)n1)CO/N=C(\C)c1cccc(C)n1.CC(=O)c1cccc(/C=C(\C)CO/N=C(\C)c2cccc(C)n2)n1. The minimum Gasteiger partial charge on any atom is -0.391 e. The molecule has 0 saturated carbocycles. The average molecular weight is 691 g/mol. The molecule has 11 heteroatoms. The molecule has 1 saturated heterocycles. The number of carbonyl (C=O) groups is 1. The Labute approximate surface area is 300 Å². The van der Waals surface area contributed by atoms with Crippen LogP contribution in [0.4, 0.5) is 0 Å². The number of oxime groups is 2. The zero-order valence-electron chi connectivity index (χ0n) is 30.6. The number of aryl methyl sites for hydroxylation is 2. The Morgan fingerprint density at radius 3 is 1.61 bits per heavy atom. The number of nitrogens with zero attached hydrogens (tertiary/aromatic N) is 6. The van der Waals surface area contributed by atoms with Crippen molar-refractivity contribution in [3.05, 3.63) is 129 Å². The van der Waals surface area contributed by atoms with Crippen molar-refractivity contribution in [2.24, 2.45) is 10.3 Å². The third-order valence-electron chi connectivity index (χ3n) is 7.50. The highest BCUT2D eigenvalue weighted by atomic mass is 16.7. The number of ether oxygens (including phenoxy) is 2. The Morgan fingerprint density at radius 2 is 1.12 bits per heavy atom. The van der Waals surface area contributed by atoms with E-state index in [1.165, 1.54) is 6.92 Å². The second-order valence-electron chi connectivity index (χ2n) is 12.3. The average Bonchev–Trinajstić information content (AvgIpc) is 3.56. The molecular formula is C40H46N6O5. The molecule has 1 fully saturated rings. The number of ketones is 1. The van der Waals surface area contributed by atoms with Crippen LogP contribution in [0.2, 0.25) is 0 Å². The first-order valence-electron chi connectivity index (χ1n) is 16.7. The number of pyridine rings is 4. The Hall–Kier alpha value is -5.39. The van der Waals surface area contributed by atoms with Gasteiger partial charge < -0.3 is 19.1 Å². The van der Waals surface area contributed by atoms with Gasteiger partial charge in [0.1, 0.15) is 30.3 Å². The fraction of sp³-hybridized carbons (Fsp3) is 0.325. The largest absolute Gasteiger partial charge is 0.391 e. The Bertz CT molecular complexity index is 1930. The van der Waals surface area contributed by atoms with Gasteiger partial charge in [0, 0.05) is 18.3 Å². The first-order chi connectivity index (χ1) is 24.4. The van der Waals surface area contributed by atoms with Crippen LogP contribution in [0, 0.1) is 13.8 Å². The lowest BCUT2D eigenvalue weighted by Gasteiger charge is -2.21. The van der Waals surface area contributed by atoms with Gasteiger partial charge in [-0.3, -0.25) is 14.8 Å². The highest BCUT2D eigenvalue weighted by Crippen LogP contribution is 2.29. The fourth-order valence-electron chi connectivity index (χ4n) is 4.81. The van der Waals surface area contributed by atoms with Gasteiger partial charge in [-0.2, -0.15) is 0 Å². The summed E-state index contributed by atoms with van der Waals surface area (Å²) in [7, 11) is 0. The predicted octanol–water partition coefficient (Wildman–Crippen LogP) is 7.68. The fourth-order valence-corrected chi connectivity index (χ4v) is 4.81. The van der Waals surface area contributed by atoms with Gasteiger partial charge in [-0.1, -0.05) is 34.6 Å². The standard InChI is InChI=1S/C21H25N3O3.C19H21N3O2/c1-15(14-27-24-17(3)19-9-5-7-16(2)22-19)13-18-8-6-10-20(23-18)21(4)25-11-12-26-21;1-13(11-17-8-6-10-19(21-17)16(4)23)12-24-22-15(3)18-9-5-7-14(2)20-18/h5-10,13H,11-12,14H2,1-4H3;5-11H,12H2,1-4H3/b15-13+,24-17+;13-11+,22-15+. The molecule has 0 spiro atoms. The molecule has 0 aromatic carbocycles. The van der Waals surface area contributed by atoms with Gasteiger partial charge in [0.2, 0.25) is 5.79 Å². The zero-order valence-corrected chi connectivity index (χ0v) is 30.6. The van der Waals surface area contributed by atoms with Crippen molar-refractivity contribution in [1.82, 2.24) is 19.9 Å². The Kier molecular flexibility index (Phi) is 14.0. The third kappa shape index (κ3) is 12.2. The lowest BCUT2D eigenvalue weighted by molar-refractivity contribution is -0.152. The van der Waals surface area contributed by atoms with E-state index in [0.29, 0.717) is 32.1 Å². The molecule has 5 rings (SSSR count). The summed E-state index contributed by atoms with van der Waals surface area (Å²) >= 11 is 0. The van der Waals surface area contributed by atoms with Crippen LogP contribution < -0.4 is 0 Å². The molecule has 4 aromatic rings. The number of aromatic nitrogens is 4. The van der Waals surface area contributed by atoms with Crippen molar-refractivity contribution in [3.63, 3.8) is 0 Å². The van der Waals surface area contributed by atoms with Gasteiger partial charge in [-0.25, -0.2) is 9.97 Å². The molecule has 1 aliphatic rings. The van der Waals surface area contributed by atoms with Crippen LogP contribution in [0.5, 0.6) is 0 Å². The molecule has 0 radical (unpaired) electrons. The van der Waals surface area contributed by atoms with Crippen molar-refractivity contribution >= 4 is 29.4 Å². The monoisotopic (exact) mass is 690 g/mol. The summed E-state index contributed by atoms with van der Waals surface area (Å²) in [5.74, 6) is -0.818. The van der Waals surface area contributed by atoms with E-state index in [1.54, 1.807) is 6.07 Å². The maximum Gasteiger partial charge on any atom is 0.209 e. The second-order valence-corrected chi connectivity index (χ2v) is 12.3. The molecule has 0 bridgehead atoms. The van der Waals surface area contributed by atoms with Crippen molar-refractivity contribution in [2.45, 2.75) is 61.2 Å². The van der Waals surface area contributed by atoms with Crippen LogP contribution in [-0.2, 0) is 24.9 Å². The first kappa shape index (κ1) is 38.4. The molecule has 0 amide bonds. The molecule has 5 heterocycles. The van der Waals surface area contributed by atoms with Gasteiger partial charge >= 0.3 is 0 Å². The Morgan fingerprint density at radius 1 is 0.667 bits per heavy atom. The number of rotatable bonds is 12. The molecule has 1 aliphatic heterocycles. The number of Topliss-reactive ketones (excluding diaryl/α,β-unsaturated/α-hetero) is 1. The van der Waals surface area contributed by atoms with E-state index in [2.05, 4.69) is 30.2 Å². The summed E-state index contributed by atoms with van der Waals surface area (Å²) in [6.45, 7) is 16.8. The van der Waals surface area contributed by atoms with E-state index >= 15 is 0 Å². The maximum atomic E-state index is 11.4. The van der Waals surface area contributed by atoms with Gasteiger partial charge in [-0.15, -0.1) is 0 Å². The molecule has 0 N–H and O–H groups in total. The molecule has 0 unspecified atom stereocenters. The summed E-state index contributed by atoms with van der Waals surface area (Å²) in [5, 5.41) is 8.26. The zero-order chi connectivity index (χ0) is 36.8. The van der Waals surface area contributed by atoms with Crippen LogP contribution in [0.25, 0.3) is 12.2 Å². The smallest absolute Gasteiger partial charge is 0.209 e. The highest BCUT2D eigenvalue weighted by molar-refractivity contribution is 5.97. The summed E-state index contributed by atoms with van der Waals surface area (Å²) in [4.78, 5) is 40.0. The van der Waals surface area contributed by atoms with Gasteiger partial charge in [0.05, 0.1) is 41.7 Å². The highest BCUT2D eigenvalue weighted by Gasteiger charge is 2.34. The van der Waals surface area contributed by atoms with Crippen molar-refractivity contribution < 1.29 is 23.9 Å². The van der Waals surface area contributed by atoms with Crippen molar-refractivity contribution in [1.29, 1.82) is 0 Å².